The Morgan fingerprint density at radius 1 is 0.641 bits per heavy atom. The minimum atomic E-state index is -0.0476. The molecule has 0 bridgehead atoms. The van der Waals surface area contributed by atoms with Crippen molar-refractivity contribution in [2.45, 2.75) is 99.8 Å². The van der Waals surface area contributed by atoms with Gasteiger partial charge in [0.2, 0.25) is 0 Å². The maximum Gasteiger partial charge on any atom is 0.135 e. The number of aryl methyl sites for hydroxylation is 2. The molecular formula is C58H59N4OPt-3. The summed E-state index contributed by atoms with van der Waals surface area (Å²) in [5, 5.41) is 2.24. The number of benzene rings is 6. The molecule has 6 aromatic carbocycles. The molecule has 0 amide bonds. The molecule has 2 aromatic heterocycles. The van der Waals surface area contributed by atoms with Crippen molar-refractivity contribution in [3.63, 3.8) is 0 Å². The number of ether oxygens (including phenoxy) is 1. The average Bonchev–Trinajstić information content (AvgIpc) is 3.78. The number of nitrogens with zero attached hydrogens (tertiary/aromatic N) is 4. The van der Waals surface area contributed by atoms with Crippen molar-refractivity contribution in [2.75, 3.05) is 9.80 Å². The van der Waals surface area contributed by atoms with Crippen LogP contribution >= 0.6 is 0 Å². The van der Waals surface area contributed by atoms with Gasteiger partial charge in [0.15, 0.2) is 0 Å². The first-order chi connectivity index (χ1) is 29.9. The van der Waals surface area contributed by atoms with Crippen molar-refractivity contribution in [2.24, 2.45) is 5.41 Å². The monoisotopic (exact) mass is 1020 g/mol. The first kappa shape index (κ1) is 44.9. The van der Waals surface area contributed by atoms with Crippen LogP contribution in [0.25, 0.3) is 38.8 Å². The first-order valence-corrected chi connectivity index (χ1v) is 22.3. The van der Waals surface area contributed by atoms with Gasteiger partial charge in [-0.2, -0.15) is 6.07 Å². The summed E-state index contributed by atoms with van der Waals surface area (Å²) in [4.78, 5) is 9.50. The molecule has 9 rings (SSSR count). The maximum absolute atomic E-state index is 6.94. The Hall–Kier alpha value is -5.64. The standard InChI is InChI=1S/C58H59N4O.Pt/c1-37(2)47-20-13-14-21-48(47)40-30-44(61-36-60(53-28-38(3)39(4)29-54(53)61)43-19-17-18-42(32-43)58(11,12)57(8,9)10)34-46(31-40)63-45-24-25-50-49-22-15-16-23-51(49)62(52(50)35-45)55-33-41(26-27-59-55)56(5,6)7;/h13-33,36-37H,1-12H3;/q-3;. The molecule has 64 heavy (non-hydrogen) atoms. The van der Waals surface area contributed by atoms with Gasteiger partial charge in [-0.1, -0.05) is 129 Å². The van der Waals surface area contributed by atoms with E-state index in [0.717, 1.165) is 55.9 Å². The van der Waals surface area contributed by atoms with Crippen LogP contribution < -0.4 is 14.5 Å². The van der Waals surface area contributed by atoms with Crippen molar-refractivity contribution >= 4 is 44.6 Å². The predicted molar refractivity (Wildman–Crippen MR) is 264 cm³/mol. The molecule has 0 fully saturated rings. The molecule has 0 aliphatic carbocycles. The van der Waals surface area contributed by atoms with Crippen LogP contribution in [0.1, 0.15) is 103 Å². The van der Waals surface area contributed by atoms with Gasteiger partial charge in [-0.25, -0.2) is 4.98 Å². The van der Waals surface area contributed by atoms with Crippen LogP contribution in [-0.2, 0) is 31.9 Å². The van der Waals surface area contributed by atoms with Crippen molar-refractivity contribution in [3.8, 4) is 28.4 Å². The number of hydrogen-bond donors (Lipinski definition) is 0. The van der Waals surface area contributed by atoms with Crippen molar-refractivity contribution in [1.82, 2.24) is 9.55 Å². The van der Waals surface area contributed by atoms with Gasteiger partial charge >= 0.3 is 0 Å². The van der Waals surface area contributed by atoms with Crippen LogP contribution in [0.2, 0.25) is 0 Å². The fourth-order valence-electron chi connectivity index (χ4n) is 8.72. The van der Waals surface area contributed by atoms with Gasteiger partial charge in [0.1, 0.15) is 5.82 Å². The van der Waals surface area contributed by atoms with Gasteiger partial charge in [-0.3, -0.25) is 0 Å². The molecule has 0 spiro atoms. The molecule has 0 N–H and O–H groups in total. The van der Waals surface area contributed by atoms with Gasteiger partial charge in [0, 0.05) is 61.3 Å². The van der Waals surface area contributed by atoms with Gasteiger partial charge in [-0.15, -0.1) is 53.6 Å². The van der Waals surface area contributed by atoms with Crippen LogP contribution in [0.5, 0.6) is 11.5 Å². The van der Waals surface area contributed by atoms with Gasteiger partial charge in [-0.05, 0) is 117 Å². The second-order valence-corrected chi connectivity index (χ2v) is 20.3. The van der Waals surface area contributed by atoms with E-state index in [1.807, 2.05) is 12.3 Å². The molecule has 0 saturated carbocycles. The third-order valence-corrected chi connectivity index (χ3v) is 13.7. The Bertz CT molecular complexity index is 3030. The maximum atomic E-state index is 6.94. The van der Waals surface area contributed by atoms with Crippen LogP contribution in [-0.4, -0.2) is 9.55 Å². The molecule has 5 nitrogen and oxygen atoms in total. The zero-order valence-corrected chi connectivity index (χ0v) is 41.6. The number of aromatic nitrogens is 2. The fourth-order valence-corrected chi connectivity index (χ4v) is 8.72. The minimum absolute atomic E-state index is 0. The molecule has 3 heterocycles. The van der Waals surface area contributed by atoms with E-state index >= 15 is 0 Å². The molecule has 0 atom stereocenters. The SMILES string of the molecule is Cc1cc2c(cc1C)N(c1cccc(C(C)(C)C(C)(C)C)c1)[CH-]N2c1[c-]c(Oc2[c-]c3c(cc2)c2ccccc2n3-c2cc(C(C)(C)C)ccn2)cc(-c2ccccc2C(C)C)c1.[Pt]. The minimum Gasteiger partial charge on any atom is -0.509 e. The van der Waals surface area contributed by atoms with E-state index in [0.29, 0.717) is 17.4 Å². The summed E-state index contributed by atoms with van der Waals surface area (Å²) in [5.74, 6) is 2.39. The Balaban J connectivity index is 0.00000560. The normalized spacial score (nSPS) is 13.2. The zero-order chi connectivity index (χ0) is 44.6. The summed E-state index contributed by atoms with van der Waals surface area (Å²) in [6, 6.07) is 51.2. The van der Waals surface area contributed by atoms with Crippen LogP contribution in [0.15, 0.2) is 128 Å². The van der Waals surface area contributed by atoms with E-state index in [9.17, 15) is 0 Å². The largest absolute Gasteiger partial charge is 0.509 e. The van der Waals surface area contributed by atoms with E-state index in [2.05, 4.69) is 232 Å². The molecular weight excluding hydrogens is 964 g/mol. The van der Waals surface area contributed by atoms with Crippen LogP contribution in [0, 0.1) is 38.1 Å². The molecule has 6 heteroatoms. The van der Waals surface area contributed by atoms with Gasteiger partial charge in [0.25, 0.3) is 0 Å². The van der Waals surface area contributed by atoms with Gasteiger partial charge in [0.05, 0.1) is 0 Å². The topological polar surface area (TPSA) is 33.5 Å². The third kappa shape index (κ3) is 8.06. The first-order valence-electron chi connectivity index (χ1n) is 22.3. The smallest absolute Gasteiger partial charge is 0.135 e. The van der Waals surface area contributed by atoms with E-state index in [1.165, 1.54) is 33.4 Å². The van der Waals surface area contributed by atoms with E-state index < -0.39 is 0 Å². The Labute approximate surface area is 395 Å². The summed E-state index contributed by atoms with van der Waals surface area (Å²) in [6.45, 7) is 29.5. The number of para-hydroxylation sites is 1. The molecule has 8 aromatic rings. The van der Waals surface area contributed by atoms with Gasteiger partial charge < -0.3 is 19.1 Å². The quantitative estimate of drug-likeness (QED) is 0.142. The summed E-state index contributed by atoms with van der Waals surface area (Å²) in [7, 11) is 0. The predicted octanol–water partition coefficient (Wildman–Crippen LogP) is 16.0. The molecule has 0 unspecified atom stereocenters. The molecule has 0 radical (unpaired) electrons. The summed E-state index contributed by atoms with van der Waals surface area (Å²) in [6.07, 6.45) is 1.91. The molecule has 0 saturated heterocycles. The van der Waals surface area contributed by atoms with Crippen LogP contribution in [0.3, 0.4) is 0 Å². The Morgan fingerprint density at radius 3 is 2.06 bits per heavy atom. The fraction of sp³-hybridized carbons (Fsp3) is 0.276. The van der Waals surface area contributed by atoms with Crippen molar-refractivity contribution in [3.05, 3.63) is 174 Å². The summed E-state index contributed by atoms with van der Waals surface area (Å²) in [5.41, 5.74) is 14.7. The number of rotatable bonds is 8. The number of pyridine rings is 1. The Morgan fingerprint density at radius 2 is 1.34 bits per heavy atom. The van der Waals surface area contributed by atoms with E-state index in [4.69, 9.17) is 9.72 Å². The molecule has 1 aliphatic heterocycles. The van der Waals surface area contributed by atoms with E-state index in [1.54, 1.807) is 0 Å². The zero-order valence-electron chi connectivity index (χ0n) is 39.3. The molecule has 1 aliphatic rings. The summed E-state index contributed by atoms with van der Waals surface area (Å²) >= 11 is 0. The second kappa shape index (κ2) is 16.7. The Kier molecular flexibility index (Phi) is 11.7. The second-order valence-electron chi connectivity index (χ2n) is 20.3. The number of anilines is 4. The molecule has 330 valence electrons. The van der Waals surface area contributed by atoms with Crippen molar-refractivity contribution < 1.29 is 25.8 Å². The average molecular weight is 1020 g/mol. The van der Waals surface area contributed by atoms with Crippen LogP contribution in [0.4, 0.5) is 22.7 Å². The number of hydrogen-bond acceptors (Lipinski definition) is 4. The number of fused-ring (bicyclic) bond motifs is 4. The summed E-state index contributed by atoms with van der Waals surface area (Å²) < 4.78 is 9.15. The third-order valence-electron chi connectivity index (χ3n) is 13.7. The van der Waals surface area contributed by atoms with Crippen molar-refractivity contribution in [1.29, 1.82) is 0 Å². The van der Waals surface area contributed by atoms with E-state index in [-0.39, 0.29) is 37.3 Å².